The van der Waals surface area contributed by atoms with Crippen LogP contribution in [0.5, 0.6) is 0 Å². The van der Waals surface area contributed by atoms with Gasteiger partial charge in [-0.15, -0.1) is 0 Å². The van der Waals surface area contributed by atoms with E-state index in [4.69, 9.17) is 4.42 Å². The molecule has 0 unspecified atom stereocenters. The molecule has 0 saturated carbocycles. The lowest BCUT2D eigenvalue weighted by Crippen LogP contribution is -2.37. The molecule has 1 atom stereocenters. The number of aromatic nitrogens is 1. The van der Waals surface area contributed by atoms with Gasteiger partial charge in [0, 0.05) is 11.6 Å². The number of carbonyl (C=O) groups is 1. The molecule has 2 aromatic carbocycles. The Balaban J connectivity index is 1.57. The highest BCUT2D eigenvalue weighted by Crippen LogP contribution is 2.25. The van der Waals surface area contributed by atoms with E-state index in [-0.39, 0.29) is 11.8 Å². The summed E-state index contributed by atoms with van der Waals surface area (Å²) in [4.78, 5) is 16.7. The average molecular weight is 441 g/mol. The lowest BCUT2D eigenvalue weighted by Gasteiger charge is -2.14. The van der Waals surface area contributed by atoms with Crippen molar-refractivity contribution in [3.8, 4) is 11.5 Å². The zero-order chi connectivity index (χ0) is 22.4. The molecule has 31 heavy (non-hydrogen) atoms. The fourth-order valence-corrected chi connectivity index (χ4v) is 4.63. The zero-order valence-corrected chi connectivity index (χ0v) is 18.9. The molecule has 1 heterocycles. The fraction of sp³-hybridized carbons (Fsp3) is 0.333. The number of amides is 1. The van der Waals surface area contributed by atoms with Crippen molar-refractivity contribution in [3.05, 3.63) is 77.2 Å². The van der Waals surface area contributed by atoms with Crippen molar-refractivity contribution >= 4 is 15.7 Å². The van der Waals surface area contributed by atoms with E-state index in [1.165, 1.54) is 5.56 Å². The second-order valence-electron chi connectivity index (χ2n) is 7.86. The average Bonchev–Trinajstić information content (AvgIpc) is 3.06. The van der Waals surface area contributed by atoms with Crippen LogP contribution in [0.15, 0.2) is 59.0 Å². The third-order valence-electron chi connectivity index (χ3n) is 5.09. The molecule has 3 aromatic rings. The van der Waals surface area contributed by atoms with Crippen LogP contribution >= 0.6 is 0 Å². The summed E-state index contributed by atoms with van der Waals surface area (Å²) < 4.78 is 30.9. The standard InChI is InChI=1S/C24H28N2O4S/c1-17-9-7-8-12-21(17)24-26-22(19(3)30-24)15-31(28,29)16-23(27)25-18(2)13-14-20-10-5-4-6-11-20/h4-12,18H,13-16H2,1-3H3,(H,25,27)/t18-/m1/s1. The highest BCUT2D eigenvalue weighted by Gasteiger charge is 2.23. The van der Waals surface area contributed by atoms with E-state index in [0.29, 0.717) is 17.3 Å². The van der Waals surface area contributed by atoms with Gasteiger partial charge in [0.2, 0.25) is 11.8 Å². The maximum atomic E-state index is 12.6. The van der Waals surface area contributed by atoms with Crippen LogP contribution in [-0.2, 0) is 26.8 Å². The molecule has 164 valence electrons. The van der Waals surface area contributed by atoms with Crippen LogP contribution in [0.3, 0.4) is 0 Å². The van der Waals surface area contributed by atoms with E-state index in [1.807, 2.05) is 68.4 Å². The number of sulfone groups is 1. The van der Waals surface area contributed by atoms with E-state index in [9.17, 15) is 13.2 Å². The monoisotopic (exact) mass is 440 g/mol. The number of nitrogens with one attached hydrogen (secondary N) is 1. The summed E-state index contributed by atoms with van der Waals surface area (Å²) in [5, 5.41) is 2.78. The molecule has 0 aliphatic rings. The van der Waals surface area contributed by atoms with Crippen LogP contribution in [-0.4, -0.2) is 31.1 Å². The number of benzene rings is 2. The summed E-state index contributed by atoms with van der Waals surface area (Å²) in [6.45, 7) is 5.50. The molecule has 0 radical (unpaired) electrons. The van der Waals surface area contributed by atoms with E-state index < -0.39 is 21.5 Å². The number of oxazole rings is 1. The number of hydrogen-bond donors (Lipinski definition) is 1. The predicted octanol–water partition coefficient (Wildman–Crippen LogP) is 4.01. The first kappa shape index (κ1) is 22.7. The second kappa shape index (κ2) is 9.92. The molecule has 1 N–H and O–H groups in total. The third-order valence-corrected chi connectivity index (χ3v) is 6.51. The first-order valence-electron chi connectivity index (χ1n) is 10.3. The molecular formula is C24H28N2O4S. The van der Waals surface area contributed by atoms with Gasteiger partial charge in [-0.05, 0) is 50.8 Å². The first-order chi connectivity index (χ1) is 14.7. The molecule has 7 heteroatoms. The van der Waals surface area contributed by atoms with Gasteiger partial charge in [-0.25, -0.2) is 13.4 Å². The predicted molar refractivity (Wildman–Crippen MR) is 121 cm³/mol. The Bertz CT molecular complexity index is 1140. The summed E-state index contributed by atoms with van der Waals surface area (Å²) in [7, 11) is -3.68. The van der Waals surface area contributed by atoms with Gasteiger partial charge in [0.05, 0.1) is 11.4 Å². The minimum atomic E-state index is -3.68. The van der Waals surface area contributed by atoms with Gasteiger partial charge in [-0.1, -0.05) is 48.5 Å². The second-order valence-corrected chi connectivity index (χ2v) is 9.93. The van der Waals surface area contributed by atoms with Crippen molar-refractivity contribution < 1.29 is 17.6 Å². The highest BCUT2D eigenvalue weighted by molar-refractivity contribution is 7.91. The Morgan fingerprint density at radius 2 is 1.74 bits per heavy atom. The van der Waals surface area contributed by atoms with Gasteiger partial charge in [0.25, 0.3) is 0 Å². The molecule has 1 aromatic heterocycles. The van der Waals surface area contributed by atoms with Crippen LogP contribution in [0.2, 0.25) is 0 Å². The number of hydrogen-bond acceptors (Lipinski definition) is 5. The Morgan fingerprint density at radius 3 is 2.45 bits per heavy atom. The lowest BCUT2D eigenvalue weighted by atomic mass is 10.1. The molecule has 0 saturated heterocycles. The molecule has 6 nitrogen and oxygen atoms in total. The molecule has 3 rings (SSSR count). The molecule has 0 spiro atoms. The summed E-state index contributed by atoms with van der Waals surface area (Å²) in [6.07, 6.45) is 1.55. The van der Waals surface area contributed by atoms with E-state index in [0.717, 1.165) is 24.0 Å². The number of carbonyl (C=O) groups excluding carboxylic acids is 1. The maximum Gasteiger partial charge on any atom is 0.235 e. The van der Waals surface area contributed by atoms with Crippen molar-refractivity contribution in [1.82, 2.24) is 10.3 Å². The normalized spacial score (nSPS) is 12.5. The van der Waals surface area contributed by atoms with E-state index in [2.05, 4.69) is 10.3 Å². The fourth-order valence-electron chi connectivity index (χ4n) is 3.37. The zero-order valence-electron chi connectivity index (χ0n) is 18.1. The Morgan fingerprint density at radius 1 is 1.06 bits per heavy atom. The summed E-state index contributed by atoms with van der Waals surface area (Å²) in [5.74, 6) is -0.576. The third kappa shape index (κ3) is 6.52. The topological polar surface area (TPSA) is 89.3 Å². The number of aryl methyl sites for hydroxylation is 3. The van der Waals surface area contributed by atoms with Crippen molar-refractivity contribution in [2.45, 2.75) is 45.4 Å². The van der Waals surface area contributed by atoms with Gasteiger partial charge in [-0.2, -0.15) is 0 Å². The van der Waals surface area contributed by atoms with E-state index >= 15 is 0 Å². The Labute approximate surface area is 183 Å². The van der Waals surface area contributed by atoms with Crippen molar-refractivity contribution in [2.24, 2.45) is 0 Å². The van der Waals surface area contributed by atoms with Gasteiger partial charge in [-0.3, -0.25) is 4.79 Å². The van der Waals surface area contributed by atoms with Crippen LogP contribution in [0.4, 0.5) is 0 Å². The lowest BCUT2D eigenvalue weighted by molar-refractivity contribution is -0.119. The molecule has 0 bridgehead atoms. The summed E-state index contributed by atoms with van der Waals surface area (Å²) >= 11 is 0. The van der Waals surface area contributed by atoms with Crippen molar-refractivity contribution in [3.63, 3.8) is 0 Å². The molecule has 0 aliphatic carbocycles. The number of nitrogens with zero attached hydrogens (tertiary/aromatic N) is 1. The van der Waals surface area contributed by atoms with E-state index in [1.54, 1.807) is 6.92 Å². The van der Waals surface area contributed by atoms with Crippen molar-refractivity contribution in [2.75, 3.05) is 5.75 Å². The maximum absolute atomic E-state index is 12.6. The molecule has 0 aliphatic heterocycles. The minimum Gasteiger partial charge on any atom is -0.441 e. The summed E-state index contributed by atoms with van der Waals surface area (Å²) in [5.41, 5.74) is 3.33. The smallest absolute Gasteiger partial charge is 0.235 e. The Hall–Kier alpha value is -2.93. The minimum absolute atomic E-state index is 0.121. The van der Waals surface area contributed by atoms with Crippen LogP contribution in [0, 0.1) is 13.8 Å². The first-order valence-corrected chi connectivity index (χ1v) is 12.1. The SMILES string of the molecule is Cc1ccccc1-c1nc(CS(=O)(=O)CC(=O)N[C@H](C)CCc2ccccc2)c(C)o1. The largest absolute Gasteiger partial charge is 0.441 e. The molecular weight excluding hydrogens is 412 g/mol. The molecule has 1 amide bonds. The van der Waals surface area contributed by atoms with Gasteiger partial charge >= 0.3 is 0 Å². The Kier molecular flexibility index (Phi) is 7.28. The highest BCUT2D eigenvalue weighted by atomic mass is 32.2. The van der Waals surface area contributed by atoms with Crippen molar-refractivity contribution in [1.29, 1.82) is 0 Å². The van der Waals surface area contributed by atoms with Crippen LogP contribution < -0.4 is 5.32 Å². The summed E-state index contributed by atoms with van der Waals surface area (Å²) in [6, 6.07) is 17.5. The van der Waals surface area contributed by atoms with Crippen LogP contribution in [0.25, 0.3) is 11.5 Å². The van der Waals surface area contributed by atoms with Gasteiger partial charge in [0.15, 0.2) is 9.84 Å². The number of rotatable bonds is 9. The van der Waals surface area contributed by atoms with Crippen LogP contribution in [0.1, 0.15) is 35.9 Å². The van der Waals surface area contributed by atoms with Gasteiger partial charge in [0.1, 0.15) is 11.5 Å². The van der Waals surface area contributed by atoms with Gasteiger partial charge < -0.3 is 9.73 Å². The quantitative estimate of drug-likeness (QED) is 0.543. The molecule has 0 fully saturated rings.